The lowest BCUT2D eigenvalue weighted by molar-refractivity contribution is -0.130. The molecular formula is C41H52FN7O5. The SMILES string of the molecule is CCN(CC)C(=O)Cc1ccc(Oc2nc(Nc3ccc(OCCN4CCN(C(C)C)CC4)c(F)c3)ncc2C(=O)Nc2c(C)cccc2C)c(OC)c1. The van der Waals surface area contributed by atoms with E-state index in [1.54, 1.807) is 35.2 Å². The second-order valence-electron chi connectivity index (χ2n) is 13.6. The fourth-order valence-electron chi connectivity index (χ4n) is 6.34. The summed E-state index contributed by atoms with van der Waals surface area (Å²) in [5, 5.41) is 5.99. The number of nitrogens with zero attached hydrogens (tertiary/aromatic N) is 5. The predicted molar refractivity (Wildman–Crippen MR) is 209 cm³/mol. The van der Waals surface area contributed by atoms with Crippen molar-refractivity contribution in [2.75, 3.05) is 70.2 Å². The smallest absolute Gasteiger partial charge is 0.262 e. The van der Waals surface area contributed by atoms with E-state index in [1.807, 2.05) is 45.9 Å². The van der Waals surface area contributed by atoms with Gasteiger partial charge in [-0.15, -0.1) is 0 Å². The molecule has 0 unspecified atom stereocenters. The molecule has 3 aromatic carbocycles. The van der Waals surface area contributed by atoms with Gasteiger partial charge in [0, 0.05) is 75.5 Å². The molecule has 0 spiro atoms. The number of methoxy groups -OCH3 is 1. The van der Waals surface area contributed by atoms with E-state index in [9.17, 15) is 9.59 Å². The Morgan fingerprint density at radius 3 is 2.30 bits per heavy atom. The highest BCUT2D eigenvalue weighted by atomic mass is 19.1. The van der Waals surface area contributed by atoms with Gasteiger partial charge in [0.1, 0.15) is 12.2 Å². The van der Waals surface area contributed by atoms with Gasteiger partial charge < -0.3 is 29.7 Å². The van der Waals surface area contributed by atoms with Crippen LogP contribution in [0.1, 0.15) is 54.7 Å². The van der Waals surface area contributed by atoms with Gasteiger partial charge in [-0.1, -0.05) is 24.3 Å². The summed E-state index contributed by atoms with van der Waals surface area (Å²) in [4.78, 5) is 42.0. The molecule has 13 heteroatoms. The third-order valence-electron chi connectivity index (χ3n) is 9.61. The largest absolute Gasteiger partial charge is 0.493 e. The summed E-state index contributed by atoms with van der Waals surface area (Å²) in [5.74, 6) is -0.225. The number of hydrogen-bond acceptors (Lipinski definition) is 10. The van der Waals surface area contributed by atoms with E-state index >= 15 is 4.39 Å². The zero-order valence-electron chi connectivity index (χ0n) is 32.4. The number of aryl methyl sites for hydroxylation is 2. The lowest BCUT2D eigenvalue weighted by atomic mass is 10.1. The van der Waals surface area contributed by atoms with E-state index in [1.165, 1.54) is 19.4 Å². The second kappa shape index (κ2) is 18.7. The number of benzene rings is 3. The summed E-state index contributed by atoms with van der Waals surface area (Å²) in [6.45, 7) is 18.4. The van der Waals surface area contributed by atoms with Gasteiger partial charge in [-0.2, -0.15) is 4.98 Å². The maximum Gasteiger partial charge on any atom is 0.262 e. The first kappa shape index (κ1) is 39.9. The molecular weight excluding hydrogens is 689 g/mol. The number of rotatable bonds is 16. The molecule has 0 bridgehead atoms. The van der Waals surface area contributed by atoms with Gasteiger partial charge in [0.05, 0.1) is 13.5 Å². The van der Waals surface area contributed by atoms with Gasteiger partial charge in [-0.05, 0) is 82.5 Å². The molecule has 0 saturated carbocycles. The summed E-state index contributed by atoms with van der Waals surface area (Å²) in [7, 11) is 1.50. The highest BCUT2D eigenvalue weighted by molar-refractivity contribution is 6.06. The van der Waals surface area contributed by atoms with Gasteiger partial charge in [-0.25, -0.2) is 9.37 Å². The third kappa shape index (κ3) is 10.2. The molecule has 2 N–H and O–H groups in total. The Hall–Kier alpha value is -5.27. The van der Waals surface area contributed by atoms with Crippen LogP contribution in [0.2, 0.25) is 0 Å². The molecule has 1 aliphatic heterocycles. The average Bonchev–Trinajstić information content (AvgIpc) is 3.15. The number of nitrogens with one attached hydrogen (secondary N) is 2. The molecule has 1 saturated heterocycles. The molecule has 2 heterocycles. The van der Waals surface area contributed by atoms with Crippen LogP contribution < -0.4 is 24.8 Å². The molecule has 288 valence electrons. The van der Waals surface area contributed by atoms with Crippen LogP contribution in [0, 0.1) is 19.7 Å². The Labute approximate surface area is 317 Å². The van der Waals surface area contributed by atoms with Gasteiger partial charge in [0.15, 0.2) is 23.1 Å². The fourth-order valence-corrected chi connectivity index (χ4v) is 6.34. The lowest BCUT2D eigenvalue weighted by Gasteiger charge is -2.36. The fraction of sp³-hybridized carbons (Fsp3) is 0.415. The molecule has 54 heavy (non-hydrogen) atoms. The predicted octanol–water partition coefficient (Wildman–Crippen LogP) is 6.85. The minimum atomic E-state index is -0.532. The molecule has 1 fully saturated rings. The van der Waals surface area contributed by atoms with E-state index in [0.29, 0.717) is 49.4 Å². The topological polar surface area (TPSA) is 121 Å². The van der Waals surface area contributed by atoms with E-state index in [4.69, 9.17) is 14.2 Å². The first-order valence-corrected chi connectivity index (χ1v) is 18.5. The monoisotopic (exact) mass is 741 g/mol. The van der Waals surface area contributed by atoms with Crippen LogP contribution in [-0.2, 0) is 11.2 Å². The Balaban J connectivity index is 1.34. The first-order valence-electron chi connectivity index (χ1n) is 18.5. The lowest BCUT2D eigenvalue weighted by Crippen LogP contribution is -2.49. The number of halogens is 1. The Morgan fingerprint density at radius 1 is 0.944 bits per heavy atom. The Kier molecular flexibility index (Phi) is 13.8. The summed E-state index contributed by atoms with van der Waals surface area (Å²) in [5.41, 5.74) is 3.63. The molecule has 1 aliphatic rings. The Morgan fingerprint density at radius 2 is 1.65 bits per heavy atom. The average molecular weight is 742 g/mol. The number of carbonyl (C=O) groups excluding carboxylic acids is 2. The number of piperazine rings is 1. The van der Waals surface area contributed by atoms with Crippen molar-refractivity contribution in [2.24, 2.45) is 0 Å². The van der Waals surface area contributed by atoms with Gasteiger partial charge in [0.25, 0.3) is 5.91 Å². The van der Waals surface area contributed by atoms with Crippen LogP contribution in [0.3, 0.4) is 0 Å². The maximum absolute atomic E-state index is 15.2. The minimum absolute atomic E-state index is 0.000470. The normalized spacial score (nSPS) is 13.4. The van der Waals surface area contributed by atoms with Crippen LogP contribution in [0.25, 0.3) is 0 Å². The molecule has 0 aliphatic carbocycles. The van der Waals surface area contributed by atoms with Crippen molar-refractivity contribution in [3.63, 3.8) is 0 Å². The molecule has 4 aromatic rings. The number of amides is 2. The highest BCUT2D eigenvalue weighted by Crippen LogP contribution is 2.35. The maximum atomic E-state index is 15.2. The third-order valence-corrected chi connectivity index (χ3v) is 9.61. The molecule has 12 nitrogen and oxygen atoms in total. The van der Waals surface area contributed by atoms with E-state index in [0.717, 1.165) is 42.9 Å². The number of para-hydroxylation sites is 1. The second-order valence-corrected chi connectivity index (χ2v) is 13.6. The van der Waals surface area contributed by atoms with E-state index in [-0.39, 0.29) is 41.2 Å². The number of ether oxygens (including phenoxy) is 3. The number of likely N-dealkylation sites (N-methyl/N-ethyl adjacent to an activating group) is 1. The van der Waals surface area contributed by atoms with Crippen LogP contribution in [-0.4, -0.2) is 102 Å². The zero-order valence-corrected chi connectivity index (χ0v) is 32.4. The zero-order chi connectivity index (χ0) is 38.8. The summed E-state index contributed by atoms with van der Waals surface area (Å²) >= 11 is 0. The number of anilines is 3. The Bertz CT molecular complexity index is 1890. The van der Waals surface area contributed by atoms with E-state index < -0.39 is 11.7 Å². The number of carbonyl (C=O) groups is 2. The summed E-state index contributed by atoms with van der Waals surface area (Å²) < 4.78 is 32.9. The molecule has 1 aromatic heterocycles. The van der Waals surface area contributed by atoms with Crippen molar-refractivity contribution in [3.8, 4) is 23.1 Å². The number of aromatic nitrogens is 2. The van der Waals surface area contributed by atoms with Crippen molar-refractivity contribution >= 4 is 29.1 Å². The van der Waals surface area contributed by atoms with Gasteiger partial charge in [-0.3, -0.25) is 19.4 Å². The van der Waals surface area contributed by atoms with Crippen LogP contribution in [0.4, 0.5) is 21.7 Å². The highest BCUT2D eigenvalue weighted by Gasteiger charge is 2.22. The molecule has 0 radical (unpaired) electrons. The molecule has 5 rings (SSSR count). The van der Waals surface area contributed by atoms with Crippen molar-refractivity contribution in [1.29, 1.82) is 0 Å². The quantitative estimate of drug-likeness (QED) is 0.126. The van der Waals surface area contributed by atoms with Gasteiger partial charge >= 0.3 is 0 Å². The van der Waals surface area contributed by atoms with Crippen LogP contribution in [0.15, 0.2) is 60.8 Å². The van der Waals surface area contributed by atoms with Crippen LogP contribution >= 0.6 is 0 Å². The number of hydrogen-bond donors (Lipinski definition) is 2. The van der Waals surface area contributed by atoms with Crippen molar-refractivity contribution in [1.82, 2.24) is 24.7 Å². The van der Waals surface area contributed by atoms with E-state index in [2.05, 4.69) is 44.2 Å². The van der Waals surface area contributed by atoms with Crippen molar-refractivity contribution in [3.05, 3.63) is 88.9 Å². The molecule has 2 amide bonds. The summed E-state index contributed by atoms with van der Waals surface area (Å²) in [6, 6.07) is 16.0. The van der Waals surface area contributed by atoms with Gasteiger partial charge in [0.2, 0.25) is 17.7 Å². The first-order chi connectivity index (χ1) is 26.0. The standard InChI is InChI=1S/C41H52FN7O5/c1-8-48(9-2)37(50)24-30-13-15-35(36(23-30)52-7)54-40-32(39(51)45-38-28(5)11-10-12-29(38)6)26-43-41(46-40)44-31-14-16-34(33(42)25-31)53-22-21-47-17-19-49(20-18-47)27(3)4/h10-16,23,25-27H,8-9,17-22,24H2,1-7H3,(H,45,51)(H,43,44,46). The minimum Gasteiger partial charge on any atom is -0.493 e. The molecule has 0 atom stereocenters. The van der Waals surface area contributed by atoms with Crippen molar-refractivity contribution in [2.45, 2.75) is 54.0 Å². The van der Waals surface area contributed by atoms with Crippen molar-refractivity contribution < 1.29 is 28.2 Å². The van der Waals surface area contributed by atoms with Crippen LogP contribution in [0.5, 0.6) is 23.1 Å². The summed E-state index contributed by atoms with van der Waals surface area (Å²) in [6.07, 6.45) is 1.55.